The van der Waals surface area contributed by atoms with E-state index in [1.54, 1.807) is 33.4 Å². The highest BCUT2D eigenvalue weighted by Crippen LogP contribution is 2.62. The molecule has 0 amide bonds. The lowest BCUT2D eigenvalue weighted by atomic mass is 9.68. The summed E-state index contributed by atoms with van der Waals surface area (Å²) in [6.45, 7) is 30.5. The monoisotopic (exact) mass is 2000 g/mol. The number of halogens is 4. The van der Waals surface area contributed by atoms with Gasteiger partial charge in [-0.2, -0.15) is 0 Å². The number of fused-ring (bicyclic) bond motifs is 10. The molecule has 2 aliphatic carbocycles. The summed E-state index contributed by atoms with van der Waals surface area (Å²) in [5.41, 5.74) is 23.1. The minimum Gasteiger partial charge on any atom is -0.399 e. The predicted octanol–water partition coefficient (Wildman–Crippen LogP) is 37.2. The quantitative estimate of drug-likeness (QED) is 0.0220. The molecule has 0 saturated carbocycles. The van der Waals surface area contributed by atoms with E-state index >= 15 is 0 Å². The second-order valence-electron chi connectivity index (χ2n) is 40.3. The Balaban J connectivity index is 0.000000154. The van der Waals surface area contributed by atoms with Crippen LogP contribution >= 0.6 is 63.7 Å². The topological polar surface area (TPSA) is 40.2 Å². The molecule has 0 radical (unpaired) electrons. The van der Waals surface area contributed by atoms with E-state index < -0.39 is 14.2 Å². The molecule has 0 bridgehead atoms. The molecular weight excluding hydrogens is 1860 g/mol. The summed E-state index contributed by atoms with van der Waals surface area (Å²) in [5, 5.41) is 10.0. The summed E-state index contributed by atoms with van der Waals surface area (Å²) < 4.78 is 29.8. The minimum absolute atomic E-state index is 0.0956. The average molecular weight is 2000 g/mol. The first-order valence-corrected chi connectivity index (χ1v) is 53.4. The summed E-state index contributed by atoms with van der Waals surface area (Å²) in [4.78, 5) is 2.28. The second-order valence-corrected chi connectivity index (χ2v) is 44.0. The summed E-state index contributed by atoms with van der Waals surface area (Å²) in [5.74, 6) is 0.524. The van der Waals surface area contributed by atoms with Crippen LogP contribution in [0.5, 0.6) is 0 Å². The van der Waals surface area contributed by atoms with E-state index in [-0.39, 0.29) is 33.2 Å². The van der Waals surface area contributed by atoms with Gasteiger partial charge in [-0.25, -0.2) is 0 Å². The number of nitrogens with zero attached hydrogens (tertiary/aromatic N) is 1. The Hall–Kier alpha value is -7.41. The Labute approximate surface area is 820 Å². The molecule has 13 aromatic rings. The molecule has 2 fully saturated rings. The van der Waals surface area contributed by atoms with Crippen LogP contribution in [0.3, 0.4) is 0 Å². The lowest BCUT2D eigenvalue weighted by molar-refractivity contribution is 0.00578. The Morgan fingerprint density at radius 2 is 0.573 bits per heavy atom. The molecule has 0 N–H and O–H groups in total. The first kappa shape index (κ1) is 98.1. The molecule has 4 aliphatic rings. The van der Waals surface area contributed by atoms with Crippen molar-refractivity contribution >= 4 is 149 Å². The Bertz CT molecular complexity index is 5640. The van der Waals surface area contributed by atoms with Crippen LogP contribution in [0.1, 0.15) is 317 Å². The molecule has 17 rings (SSSR count). The van der Waals surface area contributed by atoms with Crippen molar-refractivity contribution in [2.24, 2.45) is 0 Å². The highest BCUT2D eigenvalue weighted by Gasteiger charge is 2.54. The lowest BCUT2D eigenvalue weighted by Gasteiger charge is -2.35. The molecule has 5 nitrogen and oxygen atoms in total. The van der Waals surface area contributed by atoms with E-state index in [1.165, 1.54) is 271 Å². The predicted molar refractivity (Wildman–Crippen MR) is 580 cm³/mol. The summed E-state index contributed by atoms with van der Waals surface area (Å²) in [7, 11) is -0.784. The van der Waals surface area contributed by atoms with Crippen molar-refractivity contribution < 1.29 is 18.6 Å². The van der Waals surface area contributed by atoms with Gasteiger partial charge < -0.3 is 23.5 Å². The molecule has 2 aliphatic heterocycles. The fraction of sp³-hybridized carbons (Fsp3) is 0.417. The van der Waals surface area contributed by atoms with Crippen molar-refractivity contribution in [3.8, 4) is 44.5 Å². The largest absolute Gasteiger partial charge is 0.494 e. The SMILES string of the molecule is Brc1ccc2c(-c3cccc4ccccc34)c3cc(Br)ccc3c(-c3cccc4ccccc34)c2c1.CCC(C)c1ccc(N(c2ccc(B3OC(C)(C)C(C)(C)O3)cc2)c2ccc(B3OC(C)(C)C(C)(C)O3)cc2)cc1.CCCCCCCCC1(CCCCCCCC)c2cc(Br)ccc2-c2cc3c(cc21)-c1ccc(Br)cc1C3(CCCCCCCC)CCCCCCCC. The zero-order valence-electron chi connectivity index (χ0n) is 80.9. The lowest BCUT2D eigenvalue weighted by Crippen LogP contribution is -2.41. The van der Waals surface area contributed by atoms with Crippen molar-refractivity contribution in [1.82, 2.24) is 0 Å². The maximum absolute atomic E-state index is 6.30. The van der Waals surface area contributed by atoms with Crippen molar-refractivity contribution in [3.63, 3.8) is 0 Å². The summed E-state index contributed by atoms with van der Waals surface area (Å²) in [6, 6.07) is 90.2. The van der Waals surface area contributed by atoms with Crippen molar-refractivity contribution in [1.29, 1.82) is 0 Å². The third-order valence-electron chi connectivity index (χ3n) is 30.4. The van der Waals surface area contributed by atoms with Crippen LogP contribution in [0.25, 0.3) is 87.6 Å². The number of hydrogen-bond acceptors (Lipinski definition) is 5. The minimum atomic E-state index is -0.392. The van der Waals surface area contributed by atoms with Crippen molar-refractivity contribution in [2.75, 3.05) is 4.90 Å². The van der Waals surface area contributed by atoms with Gasteiger partial charge in [0, 0.05) is 45.8 Å². The number of anilines is 3. The molecule has 131 heavy (non-hydrogen) atoms. The van der Waals surface area contributed by atoms with E-state index in [1.807, 2.05) is 0 Å². The molecule has 1 unspecified atom stereocenters. The smallest absolute Gasteiger partial charge is 0.399 e. The third kappa shape index (κ3) is 21.4. The van der Waals surface area contributed by atoms with Gasteiger partial charge in [-0.1, -0.05) is 405 Å². The van der Waals surface area contributed by atoms with Crippen LogP contribution in [-0.4, -0.2) is 36.6 Å². The molecule has 0 spiro atoms. The Morgan fingerprint density at radius 1 is 0.275 bits per heavy atom. The molecule has 684 valence electrons. The number of hydrogen-bond donors (Lipinski definition) is 0. The van der Waals surface area contributed by atoms with E-state index in [4.69, 9.17) is 18.6 Å². The van der Waals surface area contributed by atoms with Crippen molar-refractivity contribution in [2.45, 2.75) is 322 Å². The fourth-order valence-electron chi connectivity index (χ4n) is 21.4. The van der Waals surface area contributed by atoms with Gasteiger partial charge in [-0.05, 0) is 317 Å². The van der Waals surface area contributed by atoms with Gasteiger partial charge in [0.1, 0.15) is 0 Å². The summed E-state index contributed by atoms with van der Waals surface area (Å²) >= 11 is 15.5. The van der Waals surface area contributed by atoms with Crippen LogP contribution in [0.2, 0.25) is 0 Å². The van der Waals surface area contributed by atoms with Crippen LogP contribution in [-0.2, 0) is 29.4 Å². The Morgan fingerprint density at radius 3 is 0.916 bits per heavy atom. The second kappa shape index (κ2) is 43.7. The highest BCUT2D eigenvalue weighted by molar-refractivity contribution is 9.11. The van der Waals surface area contributed by atoms with E-state index in [0.29, 0.717) is 5.92 Å². The van der Waals surface area contributed by atoms with E-state index in [9.17, 15) is 0 Å². The Kier molecular flexibility index (Phi) is 32.7. The third-order valence-corrected chi connectivity index (χ3v) is 32.4. The van der Waals surface area contributed by atoms with Gasteiger partial charge in [-0.3, -0.25) is 0 Å². The normalized spacial score (nSPS) is 15.9. The van der Waals surface area contributed by atoms with Gasteiger partial charge in [0.25, 0.3) is 0 Å². The van der Waals surface area contributed by atoms with Gasteiger partial charge in [0.05, 0.1) is 22.4 Å². The van der Waals surface area contributed by atoms with Crippen LogP contribution < -0.4 is 15.8 Å². The van der Waals surface area contributed by atoms with Gasteiger partial charge >= 0.3 is 14.2 Å². The van der Waals surface area contributed by atoms with E-state index in [0.717, 1.165) is 43.4 Å². The maximum Gasteiger partial charge on any atom is 0.494 e. The van der Waals surface area contributed by atoms with Gasteiger partial charge in [-0.15, -0.1) is 0 Å². The van der Waals surface area contributed by atoms with E-state index in [2.05, 4.69) is 408 Å². The van der Waals surface area contributed by atoms with Gasteiger partial charge in [0.15, 0.2) is 0 Å². The molecular formula is C120H141B2Br4NO4. The molecule has 1 atom stereocenters. The first-order valence-electron chi connectivity index (χ1n) is 50.2. The van der Waals surface area contributed by atoms with Crippen LogP contribution in [0, 0.1) is 0 Å². The molecule has 11 heteroatoms. The first-order chi connectivity index (χ1) is 63.3. The number of unbranched alkanes of at least 4 members (excludes halogenated alkanes) is 20. The summed E-state index contributed by atoms with van der Waals surface area (Å²) in [6.07, 6.45) is 38.8. The average Bonchev–Trinajstić information content (AvgIpc) is 1.51. The van der Waals surface area contributed by atoms with Crippen molar-refractivity contribution in [3.05, 3.63) is 288 Å². The molecule has 13 aromatic carbocycles. The molecule has 0 aromatic heterocycles. The van der Waals surface area contributed by atoms with Gasteiger partial charge in [0.2, 0.25) is 0 Å². The number of benzene rings is 13. The zero-order chi connectivity index (χ0) is 92.2. The maximum atomic E-state index is 6.30. The van der Waals surface area contributed by atoms with Crippen LogP contribution in [0.15, 0.2) is 261 Å². The van der Waals surface area contributed by atoms with Crippen LogP contribution in [0.4, 0.5) is 17.1 Å². The molecule has 2 heterocycles. The fourth-order valence-corrected chi connectivity index (χ4v) is 22.8. The standard InChI is InChI=1S/C52H76Br2.C34H45B2NO4.C34H20Br2/c1-5-9-13-17-21-25-33-51(34-26-22-18-14-10-6-2)47-37-41(53)29-31-43(47)45-40-50-46(39-49(45)51)44-32-30-42(54)38-48(44)52(50,35-27-23-19-15-11-7-3)36-28-24-20-16-12-8-4;1-11-24(2)25-12-18-28(19-13-25)37(29-20-14-26(15-21-29)35-38-31(3,4)32(5,6)39-35)30-22-16-27(17-23-30)36-40-33(7,8)34(9,10)41-36;35-23-16-18-30-31(19-23)33(27-13-5-9-21-7-1-3-11-25(21)27)29-17-15-24(36)20-32(29)34(30)28-14-6-10-22-8-2-4-12-26(22)28/h29-32,37-40H,5-28,33-36H2,1-4H3;12-24H,11H2,1-10H3;1-20H. The number of rotatable bonds is 37. The zero-order valence-corrected chi connectivity index (χ0v) is 87.3. The molecule has 2 saturated heterocycles. The highest BCUT2D eigenvalue weighted by atomic mass is 79.9.